The predicted molar refractivity (Wildman–Crippen MR) is 194 cm³/mol. The van der Waals surface area contributed by atoms with E-state index in [1.54, 1.807) is 65.6 Å². The van der Waals surface area contributed by atoms with Crippen molar-refractivity contribution in [3.05, 3.63) is 143 Å². The number of likely N-dealkylation sites (tertiary alicyclic amines) is 1. The predicted octanol–water partition coefficient (Wildman–Crippen LogP) is 7.37. The Bertz CT molecular complexity index is 1780. The van der Waals surface area contributed by atoms with E-state index in [9.17, 15) is 23.2 Å². The maximum Gasteiger partial charge on any atom is 0.338 e. The maximum atomic E-state index is 14.7. The first-order chi connectivity index (χ1) is 24.4. The molecule has 5 rings (SSSR count). The van der Waals surface area contributed by atoms with E-state index in [-0.39, 0.29) is 31.4 Å². The Kier molecular flexibility index (Phi) is 12.2. The third kappa shape index (κ3) is 9.15. The number of nitrogens with zero attached hydrogens (tertiary/aromatic N) is 2. The van der Waals surface area contributed by atoms with Crippen LogP contribution in [-0.4, -0.2) is 66.4 Å². The second-order valence-corrected chi connectivity index (χ2v) is 14.4. The molecule has 1 amide bonds. The summed E-state index contributed by atoms with van der Waals surface area (Å²) in [5, 5.41) is 0. The number of ketones is 1. The molecule has 3 unspecified atom stereocenters. The first-order valence-electron chi connectivity index (χ1n) is 17.5. The lowest BCUT2D eigenvalue weighted by molar-refractivity contribution is -0.135. The van der Waals surface area contributed by atoms with E-state index in [4.69, 9.17) is 10.5 Å². The number of halogens is 2. The normalized spacial score (nSPS) is 18.5. The molecule has 9 heteroatoms. The van der Waals surface area contributed by atoms with E-state index >= 15 is 0 Å². The van der Waals surface area contributed by atoms with Crippen LogP contribution in [0.3, 0.4) is 0 Å². The van der Waals surface area contributed by atoms with Crippen molar-refractivity contribution in [3.63, 3.8) is 0 Å². The molecule has 0 aromatic heterocycles. The highest BCUT2D eigenvalue weighted by atomic mass is 19.2. The first-order valence-corrected chi connectivity index (χ1v) is 17.5. The van der Waals surface area contributed by atoms with E-state index in [1.165, 1.54) is 6.07 Å². The van der Waals surface area contributed by atoms with Crippen LogP contribution in [0.5, 0.6) is 0 Å². The van der Waals surface area contributed by atoms with Crippen molar-refractivity contribution in [1.29, 1.82) is 0 Å². The number of rotatable bonds is 13. The Hall–Kier alpha value is -4.73. The van der Waals surface area contributed by atoms with Crippen molar-refractivity contribution in [2.75, 3.05) is 32.8 Å². The van der Waals surface area contributed by atoms with Gasteiger partial charge in [0.1, 0.15) is 12.4 Å². The quantitative estimate of drug-likeness (QED) is 0.147. The Morgan fingerprint density at radius 3 is 2.08 bits per heavy atom. The van der Waals surface area contributed by atoms with Gasteiger partial charge >= 0.3 is 5.97 Å². The third-order valence-corrected chi connectivity index (χ3v) is 9.83. The Labute approximate surface area is 299 Å². The van der Waals surface area contributed by atoms with E-state index in [1.807, 2.05) is 57.2 Å². The topological polar surface area (TPSA) is 92.9 Å². The maximum absolute atomic E-state index is 14.7. The number of piperidine rings is 1. The molecule has 1 aliphatic rings. The number of ether oxygens (including phenoxy) is 1. The molecule has 7 nitrogen and oxygen atoms in total. The summed E-state index contributed by atoms with van der Waals surface area (Å²) in [7, 11) is 0. The minimum absolute atomic E-state index is 0.0584. The minimum Gasteiger partial charge on any atom is -0.460 e. The van der Waals surface area contributed by atoms with Crippen LogP contribution in [-0.2, 0) is 14.9 Å². The van der Waals surface area contributed by atoms with Gasteiger partial charge in [0.05, 0.1) is 23.7 Å². The van der Waals surface area contributed by atoms with Crippen LogP contribution in [0, 0.1) is 17.0 Å². The zero-order chi connectivity index (χ0) is 36.6. The molecular weight excluding hydrogens is 648 g/mol. The molecule has 268 valence electrons. The lowest BCUT2D eigenvalue weighted by atomic mass is 9.63. The summed E-state index contributed by atoms with van der Waals surface area (Å²) in [4.78, 5) is 44.3. The fraction of sp³-hybridized carbons (Fsp3) is 0.357. The average molecular weight is 696 g/mol. The SMILES string of the molecule is CC(C)(C)C(=O)C1(c2ccccc2)CCN(CCC(CN(CCOC(=O)c2ccccc2)C(=O)c2ccccc2)c2ccc(F)c(F)c2)C(N)C1. The van der Waals surface area contributed by atoms with Crippen LogP contribution >= 0.6 is 0 Å². The summed E-state index contributed by atoms with van der Waals surface area (Å²) in [6.45, 7) is 7.06. The number of nitrogens with two attached hydrogens (primary N) is 1. The van der Waals surface area contributed by atoms with Gasteiger partial charge in [0.2, 0.25) is 0 Å². The molecule has 0 saturated carbocycles. The van der Waals surface area contributed by atoms with Gasteiger partial charge in [-0.15, -0.1) is 0 Å². The highest BCUT2D eigenvalue weighted by molar-refractivity contribution is 5.95. The third-order valence-electron chi connectivity index (χ3n) is 9.83. The Balaban J connectivity index is 1.36. The molecule has 0 spiro atoms. The summed E-state index contributed by atoms with van der Waals surface area (Å²) in [6.07, 6.45) is 1.05. The minimum atomic E-state index is -0.974. The molecule has 2 N–H and O–H groups in total. The van der Waals surface area contributed by atoms with E-state index < -0.39 is 40.5 Å². The molecule has 1 saturated heterocycles. The fourth-order valence-corrected chi connectivity index (χ4v) is 7.10. The molecule has 4 aromatic carbocycles. The number of carbonyl (C=O) groups excluding carboxylic acids is 3. The van der Waals surface area contributed by atoms with E-state index in [0.29, 0.717) is 49.0 Å². The lowest BCUT2D eigenvalue weighted by Crippen LogP contribution is -2.58. The van der Waals surface area contributed by atoms with Crippen LogP contribution in [0.25, 0.3) is 0 Å². The zero-order valence-corrected chi connectivity index (χ0v) is 29.6. The molecular formula is C42H47F2N3O4. The van der Waals surface area contributed by atoms with E-state index in [2.05, 4.69) is 4.90 Å². The molecule has 0 aliphatic carbocycles. The van der Waals surface area contributed by atoms with Gasteiger partial charge in [0.25, 0.3) is 5.91 Å². The summed E-state index contributed by atoms with van der Waals surface area (Å²) in [5.41, 5.74) is 7.91. The van der Waals surface area contributed by atoms with Crippen LogP contribution in [0.2, 0.25) is 0 Å². The highest BCUT2D eigenvalue weighted by Crippen LogP contribution is 2.43. The summed E-state index contributed by atoms with van der Waals surface area (Å²) in [6, 6.07) is 31.0. The zero-order valence-electron chi connectivity index (χ0n) is 29.6. The number of hydrogen-bond acceptors (Lipinski definition) is 6. The van der Waals surface area contributed by atoms with Gasteiger partial charge in [-0.05, 0) is 66.8 Å². The number of hydrogen-bond donors (Lipinski definition) is 1. The van der Waals surface area contributed by atoms with Gasteiger partial charge in [0.15, 0.2) is 11.6 Å². The standard InChI is InChI=1S/C42H47F2N3O4/c1-41(2,3)40(50)42(34-17-11-6-12-18-34)22-24-46(37(45)28-42)23-21-33(32-19-20-35(43)36(44)27-32)29-47(38(48)30-13-7-4-8-14-30)25-26-51-39(49)31-15-9-5-10-16-31/h4-20,27,33,37H,21-26,28-29,45H2,1-3H3. The fourth-order valence-electron chi connectivity index (χ4n) is 7.10. The molecule has 51 heavy (non-hydrogen) atoms. The number of esters is 1. The van der Waals surface area contributed by atoms with Crippen molar-refractivity contribution >= 4 is 17.7 Å². The summed E-state index contributed by atoms with van der Waals surface area (Å²) in [5.74, 6) is -2.97. The highest BCUT2D eigenvalue weighted by Gasteiger charge is 2.49. The average Bonchev–Trinajstić information content (AvgIpc) is 3.14. The number of amides is 1. The lowest BCUT2D eigenvalue weighted by Gasteiger charge is -2.47. The second-order valence-electron chi connectivity index (χ2n) is 14.4. The van der Waals surface area contributed by atoms with Crippen molar-refractivity contribution in [2.45, 2.75) is 57.5 Å². The van der Waals surface area contributed by atoms with Crippen molar-refractivity contribution in [3.8, 4) is 0 Å². The largest absolute Gasteiger partial charge is 0.460 e. The molecule has 1 heterocycles. The van der Waals surface area contributed by atoms with Crippen molar-refractivity contribution < 1.29 is 27.9 Å². The number of carbonyl (C=O) groups is 3. The smallest absolute Gasteiger partial charge is 0.338 e. The van der Waals surface area contributed by atoms with Gasteiger partial charge in [-0.25, -0.2) is 13.6 Å². The monoisotopic (exact) mass is 695 g/mol. The van der Waals surface area contributed by atoms with Gasteiger partial charge < -0.3 is 15.4 Å². The molecule has 0 radical (unpaired) electrons. The summed E-state index contributed by atoms with van der Waals surface area (Å²) >= 11 is 0. The number of benzene rings is 4. The molecule has 4 aromatic rings. The molecule has 1 aliphatic heterocycles. The van der Waals surface area contributed by atoms with Crippen LogP contribution < -0.4 is 5.73 Å². The molecule has 0 bridgehead atoms. The second kappa shape index (κ2) is 16.5. The van der Waals surface area contributed by atoms with Gasteiger partial charge in [-0.1, -0.05) is 93.6 Å². The van der Waals surface area contributed by atoms with Crippen molar-refractivity contribution in [2.24, 2.45) is 11.1 Å². The van der Waals surface area contributed by atoms with Gasteiger partial charge in [0, 0.05) is 36.5 Å². The molecule has 3 atom stereocenters. The Morgan fingerprint density at radius 1 is 0.882 bits per heavy atom. The van der Waals surface area contributed by atoms with Crippen LogP contribution in [0.4, 0.5) is 8.78 Å². The Morgan fingerprint density at radius 2 is 1.49 bits per heavy atom. The van der Waals surface area contributed by atoms with Crippen LogP contribution in [0.1, 0.15) is 77.8 Å². The van der Waals surface area contributed by atoms with Crippen LogP contribution in [0.15, 0.2) is 109 Å². The van der Waals surface area contributed by atoms with Gasteiger partial charge in [-0.3, -0.25) is 14.5 Å². The van der Waals surface area contributed by atoms with E-state index in [0.717, 1.165) is 11.6 Å². The van der Waals surface area contributed by atoms with Crippen molar-refractivity contribution in [1.82, 2.24) is 9.80 Å². The summed E-state index contributed by atoms with van der Waals surface area (Å²) < 4.78 is 34.3. The first kappa shape index (κ1) is 37.5. The molecule has 1 fully saturated rings. The van der Waals surface area contributed by atoms with Gasteiger partial charge in [-0.2, -0.15) is 0 Å². The number of Topliss-reactive ketones (excluding diaryl/α,β-unsaturated/α-hetero) is 1.